The number of allylic oxidation sites excluding steroid dienone is 3. The molecule has 136 valence electrons. The number of nitrogens with zero attached hydrogens (tertiary/aromatic N) is 4. The number of hydrogen-bond acceptors (Lipinski definition) is 4. The van der Waals surface area contributed by atoms with E-state index in [0.29, 0.717) is 18.7 Å². The summed E-state index contributed by atoms with van der Waals surface area (Å²) in [5.74, 6) is -0.0885. The first-order valence-electron chi connectivity index (χ1n) is 9.09. The molecule has 2 aliphatic rings. The maximum atomic E-state index is 14.2. The number of hydrazone groups is 1. The largest absolute Gasteiger partial charge is 0.288 e. The molecule has 2 aliphatic heterocycles. The van der Waals surface area contributed by atoms with E-state index >= 15 is 0 Å². The molecule has 27 heavy (non-hydrogen) atoms. The molecule has 2 aromatic rings. The highest BCUT2D eigenvalue weighted by atomic mass is 19.1. The molecule has 2 unspecified atom stereocenters. The molecule has 4 nitrogen and oxygen atoms in total. The lowest BCUT2D eigenvalue weighted by molar-refractivity contribution is 0.192. The summed E-state index contributed by atoms with van der Waals surface area (Å²) < 4.78 is 14.2. The molecule has 0 fully saturated rings. The molecule has 5 heteroatoms. The molecule has 0 amide bonds. The van der Waals surface area contributed by atoms with Gasteiger partial charge < -0.3 is 0 Å². The fraction of sp³-hybridized carbons (Fsp3) is 0.227. The van der Waals surface area contributed by atoms with Crippen LogP contribution in [-0.2, 0) is 6.54 Å². The number of rotatable bonds is 4. The van der Waals surface area contributed by atoms with Gasteiger partial charge in [0.1, 0.15) is 5.82 Å². The highest BCUT2D eigenvalue weighted by Gasteiger charge is 2.37. The fourth-order valence-electron chi connectivity index (χ4n) is 3.60. The van der Waals surface area contributed by atoms with Gasteiger partial charge in [0.25, 0.3) is 0 Å². The lowest BCUT2D eigenvalue weighted by atomic mass is 9.90. The van der Waals surface area contributed by atoms with Crippen molar-refractivity contribution in [2.24, 2.45) is 16.0 Å². The van der Waals surface area contributed by atoms with E-state index in [1.807, 2.05) is 41.4 Å². The van der Waals surface area contributed by atoms with E-state index in [1.165, 1.54) is 6.07 Å². The molecule has 4 rings (SSSR count). The molecule has 3 heterocycles. The fourth-order valence-corrected chi connectivity index (χ4v) is 3.60. The summed E-state index contributed by atoms with van der Waals surface area (Å²) in [4.78, 5) is 8.95. The molecule has 1 aromatic heterocycles. The van der Waals surface area contributed by atoms with Crippen LogP contribution in [-0.4, -0.2) is 28.5 Å². The van der Waals surface area contributed by atoms with Crippen molar-refractivity contribution in [2.45, 2.75) is 19.5 Å². The number of benzene rings is 1. The van der Waals surface area contributed by atoms with Crippen LogP contribution < -0.4 is 0 Å². The Kier molecular flexibility index (Phi) is 4.92. The first-order valence-corrected chi connectivity index (χ1v) is 9.09. The summed E-state index contributed by atoms with van der Waals surface area (Å²) in [7, 11) is 0. The second-order valence-corrected chi connectivity index (χ2v) is 6.73. The molecular formula is C22H21FN4. The van der Waals surface area contributed by atoms with Crippen LogP contribution in [0.1, 0.15) is 24.2 Å². The molecule has 0 bridgehead atoms. The third-order valence-electron chi connectivity index (χ3n) is 4.93. The van der Waals surface area contributed by atoms with Crippen LogP contribution >= 0.6 is 0 Å². The predicted octanol–water partition coefficient (Wildman–Crippen LogP) is 4.34. The van der Waals surface area contributed by atoms with Gasteiger partial charge in [-0.25, -0.2) is 4.39 Å². The monoisotopic (exact) mass is 360 g/mol. The topological polar surface area (TPSA) is 40.9 Å². The molecule has 2 atom stereocenters. The van der Waals surface area contributed by atoms with Gasteiger partial charge in [-0.2, -0.15) is 5.10 Å². The van der Waals surface area contributed by atoms with Crippen LogP contribution in [0.5, 0.6) is 0 Å². The van der Waals surface area contributed by atoms with Crippen molar-refractivity contribution in [1.29, 1.82) is 0 Å². The van der Waals surface area contributed by atoms with E-state index in [1.54, 1.807) is 24.5 Å². The third kappa shape index (κ3) is 3.58. The van der Waals surface area contributed by atoms with E-state index in [-0.39, 0.29) is 17.8 Å². The number of halogens is 1. The zero-order valence-electron chi connectivity index (χ0n) is 15.2. The van der Waals surface area contributed by atoms with E-state index in [4.69, 9.17) is 5.10 Å². The molecular weight excluding hydrogens is 339 g/mol. The number of aliphatic imine (C=N–C) groups is 1. The highest BCUT2D eigenvalue weighted by molar-refractivity contribution is 6.04. The van der Waals surface area contributed by atoms with Gasteiger partial charge in [0.15, 0.2) is 0 Å². The zero-order valence-corrected chi connectivity index (χ0v) is 15.2. The van der Waals surface area contributed by atoms with E-state index in [0.717, 1.165) is 17.0 Å². The molecule has 0 spiro atoms. The minimum atomic E-state index is -0.213. The summed E-state index contributed by atoms with van der Waals surface area (Å²) in [5, 5.41) is 6.85. The van der Waals surface area contributed by atoms with Crippen LogP contribution in [0.25, 0.3) is 0 Å². The minimum Gasteiger partial charge on any atom is -0.288 e. The maximum Gasteiger partial charge on any atom is 0.128 e. The lowest BCUT2D eigenvalue weighted by Crippen LogP contribution is -2.25. The van der Waals surface area contributed by atoms with Gasteiger partial charge in [0, 0.05) is 23.9 Å². The SMILES string of the molecule is CC1C(C2=CC=CC=NC2)=NN(Cc2ccccc2F)C1c1ccccn1. The van der Waals surface area contributed by atoms with Gasteiger partial charge >= 0.3 is 0 Å². The van der Waals surface area contributed by atoms with Crippen molar-refractivity contribution in [3.8, 4) is 0 Å². The summed E-state index contributed by atoms with van der Waals surface area (Å²) in [6.45, 7) is 3.14. The molecule has 0 N–H and O–H groups in total. The first-order chi connectivity index (χ1) is 13.2. The van der Waals surface area contributed by atoms with Gasteiger partial charge in [-0.15, -0.1) is 0 Å². The van der Waals surface area contributed by atoms with Crippen molar-refractivity contribution < 1.29 is 4.39 Å². The Bertz CT molecular complexity index is 930. The molecule has 0 saturated carbocycles. The second-order valence-electron chi connectivity index (χ2n) is 6.73. The smallest absolute Gasteiger partial charge is 0.128 e. The Labute approximate surface area is 158 Å². The Balaban J connectivity index is 1.71. The summed E-state index contributed by atoms with van der Waals surface area (Å²) >= 11 is 0. The first kappa shape index (κ1) is 17.3. The van der Waals surface area contributed by atoms with Crippen LogP contribution in [0.3, 0.4) is 0 Å². The second kappa shape index (κ2) is 7.66. The predicted molar refractivity (Wildman–Crippen MR) is 106 cm³/mol. The Hall–Kier alpha value is -3.08. The maximum absolute atomic E-state index is 14.2. The molecule has 1 aromatic carbocycles. The Morgan fingerprint density at radius 3 is 2.78 bits per heavy atom. The molecule has 0 saturated heterocycles. The van der Waals surface area contributed by atoms with Crippen LogP contribution in [0, 0.1) is 11.7 Å². The van der Waals surface area contributed by atoms with Crippen LogP contribution in [0.15, 0.2) is 82.6 Å². The third-order valence-corrected chi connectivity index (χ3v) is 4.93. The standard InChI is InChI=1S/C22H21FN4/c1-16-21(17-8-4-6-12-24-14-17)26-27(15-18-9-2-3-10-19(18)23)22(16)20-11-5-7-13-25-20/h2-13,16,22H,14-15H2,1H3. The van der Waals surface area contributed by atoms with Crippen LogP contribution in [0.4, 0.5) is 4.39 Å². The summed E-state index contributed by atoms with van der Waals surface area (Å²) in [6.07, 6.45) is 9.55. The highest BCUT2D eigenvalue weighted by Crippen LogP contribution is 2.38. The zero-order chi connectivity index (χ0) is 18.6. The van der Waals surface area contributed by atoms with Crippen molar-refractivity contribution in [3.05, 3.63) is 89.5 Å². The average molecular weight is 360 g/mol. The van der Waals surface area contributed by atoms with Gasteiger partial charge in [-0.3, -0.25) is 15.0 Å². The summed E-state index contributed by atoms with van der Waals surface area (Å²) in [5.41, 5.74) is 3.65. The van der Waals surface area contributed by atoms with Gasteiger partial charge in [-0.05, 0) is 29.8 Å². The molecule has 0 radical (unpaired) electrons. The van der Waals surface area contributed by atoms with Crippen molar-refractivity contribution in [2.75, 3.05) is 6.54 Å². The van der Waals surface area contributed by atoms with Gasteiger partial charge in [0.05, 0.1) is 30.5 Å². The normalized spacial score (nSPS) is 21.8. The average Bonchev–Trinajstić information content (AvgIpc) is 2.86. The van der Waals surface area contributed by atoms with E-state index < -0.39 is 0 Å². The van der Waals surface area contributed by atoms with Crippen molar-refractivity contribution >= 4 is 11.9 Å². The van der Waals surface area contributed by atoms with Gasteiger partial charge in [-0.1, -0.05) is 43.3 Å². The molecule has 0 aliphatic carbocycles. The summed E-state index contributed by atoms with van der Waals surface area (Å²) in [6, 6.07) is 12.7. The number of pyridine rings is 1. The quantitative estimate of drug-likeness (QED) is 0.814. The van der Waals surface area contributed by atoms with Crippen molar-refractivity contribution in [3.63, 3.8) is 0 Å². The Morgan fingerprint density at radius 2 is 1.96 bits per heavy atom. The van der Waals surface area contributed by atoms with E-state index in [2.05, 4.69) is 23.0 Å². The Morgan fingerprint density at radius 1 is 1.11 bits per heavy atom. The van der Waals surface area contributed by atoms with Gasteiger partial charge in [0.2, 0.25) is 0 Å². The number of hydrogen-bond donors (Lipinski definition) is 0. The minimum absolute atomic E-state index is 0.0436. The van der Waals surface area contributed by atoms with E-state index in [9.17, 15) is 4.39 Å². The van der Waals surface area contributed by atoms with Crippen molar-refractivity contribution in [1.82, 2.24) is 9.99 Å². The number of aromatic nitrogens is 1. The lowest BCUT2D eigenvalue weighted by Gasteiger charge is -2.26. The van der Waals surface area contributed by atoms with Crippen LogP contribution in [0.2, 0.25) is 0 Å².